The van der Waals surface area contributed by atoms with Gasteiger partial charge in [-0.2, -0.15) is 0 Å². The first kappa shape index (κ1) is 11.3. The average Bonchev–Trinajstić information content (AvgIpc) is 2.99. The Morgan fingerprint density at radius 1 is 1.18 bits per heavy atom. The summed E-state index contributed by atoms with van der Waals surface area (Å²) in [6.07, 6.45) is 5.99. The molecule has 0 aromatic heterocycles. The van der Waals surface area contributed by atoms with Crippen molar-refractivity contribution in [3.05, 3.63) is 35.9 Å². The topological polar surface area (TPSA) is 12.0 Å². The van der Waals surface area contributed by atoms with Gasteiger partial charge in [0.2, 0.25) is 0 Å². The highest BCUT2D eigenvalue weighted by atomic mass is 14.9. The molecular formula is C16H23N. The minimum absolute atomic E-state index is 0.686. The number of hydrogen-bond donors (Lipinski definition) is 1. The van der Waals surface area contributed by atoms with Crippen LogP contribution < -0.4 is 5.32 Å². The van der Waals surface area contributed by atoms with Crippen molar-refractivity contribution < 1.29 is 0 Å². The van der Waals surface area contributed by atoms with E-state index >= 15 is 0 Å². The molecule has 0 amide bonds. The van der Waals surface area contributed by atoms with E-state index in [1.54, 1.807) is 0 Å². The van der Waals surface area contributed by atoms with Crippen LogP contribution in [0.3, 0.4) is 0 Å². The van der Waals surface area contributed by atoms with Gasteiger partial charge in [0.15, 0.2) is 0 Å². The van der Waals surface area contributed by atoms with E-state index in [2.05, 4.69) is 42.6 Å². The summed E-state index contributed by atoms with van der Waals surface area (Å²) in [5, 5.41) is 3.73. The lowest BCUT2D eigenvalue weighted by Crippen LogP contribution is -2.35. The Morgan fingerprint density at radius 3 is 2.65 bits per heavy atom. The minimum atomic E-state index is 0.686. The maximum atomic E-state index is 3.73. The van der Waals surface area contributed by atoms with E-state index in [0.29, 0.717) is 6.04 Å². The quantitative estimate of drug-likeness (QED) is 0.832. The van der Waals surface area contributed by atoms with Gasteiger partial charge in [0.05, 0.1) is 0 Å². The third kappa shape index (κ3) is 2.40. The van der Waals surface area contributed by atoms with Crippen LogP contribution in [0.4, 0.5) is 0 Å². The molecular weight excluding hydrogens is 206 g/mol. The van der Waals surface area contributed by atoms with E-state index < -0.39 is 0 Å². The number of benzene rings is 1. The largest absolute Gasteiger partial charge is 0.310 e. The Labute approximate surface area is 105 Å². The summed E-state index contributed by atoms with van der Waals surface area (Å²) in [5.74, 6) is 3.03. The zero-order valence-corrected chi connectivity index (χ0v) is 10.7. The van der Waals surface area contributed by atoms with Crippen molar-refractivity contribution in [2.24, 2.45) is 17.8 Å². The molecule has 1 heteroatoms. The predicted molar refractivity (Wildman–Crippen MR) is 71.7 cm³/mol. The first-order valence-corrected chi connectivity index (χ1v) is 7.10. The molecule has 2 saturated carbocycles. The predicted octanol–water partition coefficient (Wildman–Crippen LogP) is 3.60. The Morgan fingerprint density at radius 2 is 2.00 bits per heavy atom. The summed E-state index contributed by atoms with van der Waals surface area (Å²) in [5.41, 5.74) is 1.41. The van der Waals surface area contributed by atoms with Gasteiger partial charge in [-0.05, 0) is 49.5 Å². The molecule has 0 spiro atoms. The number of rotatable bonds is 4. The van der Waals surface area contributed by atoms with Crippen molar-refractivity contribution in [3.63, 3.8) is 0 Å². The molecule has 0 radical (unpaired) electrons. The first-order chi connectivity index (χ1) is 8.33. The van der Waals surface area contributed by atoms with Crippen LogP contribution in [0.5, 0.6) is 0 Å². The fraction of sp³-hybridized carbons (Fsp3) is 0.625. The number of nitrogens with one attached hydrogen (secondary N) is 1. The second kappa shape index (κ2) is 4.81. The van der Waals surface area contributed by atoms with Crippen LogP contribution in [0.25, 0.3) is 0 Å². The lowest BCUT2D eigenvalue weighted by Gasteiger charge is -2.28. The summed E-state index contributed by atoms with van der Waals surface area (Å²) >= 11 is 0. The summed E-state index contributed by atoms with van der Waals surface area (Å²) in [6.45, 7) is 3.41. The third-order valence-corrected chi connectivity index (χ3v) is 4.91. The maximum absolute atomic E-state index is 3.73. The Kier molecular flexibility index (Phi) is 3.19. The fourth-order valence-electron chi connectivity index (χ4n) is 3.93. The van der Waals surface area contributed by atoms with Gasteiger partial charge in [0, 0.05) is 12.6 Å². The molecule has 0 saturated heterocycles. The lowest BCUT2D eigenvalue weighted by atomic mass is 9.84. The average molecular weight is 229 g/mol. The van der Waals surface area contributed by atoms with Crippen molar-refractivity contribution in [2.45, 2.75) is 45.2 Å². The highest BCUT2D eigenvalue weighted by Gasteiger charge is 2.41. The van der Waals surface area contributed by atoms with E-state index in [9.17, 15) is 0 Å². The van der Waals surface area contributed by atoms with Crippen molar-refractivity contribution >= 4 is 0 Å². The molecule has 1 nitrogen and oxygen atoms in total. The van der Waals surface area contributed by atoms with Crippen LogP contribution >= 0.6 is 0 Å². The molecule has 2 aliphatic rings. The number of fused-ring (bicyclic) bond motifs is 2. The van der Waals surface area contributed by atoms with Gasteiger partial charge in [-0.15, -0.1) is 0 Å². The summed E-state index contributed by atoms with van der Waals surface area (Å²) in [6, 6.07) is 11.4. The fourth-order valence-corrected chi connectivity index (χ4v) is 3.93. The summed E-state index contributed by atoms with van der Waals surface area (Å²) < 4.78 is 0. The standard InChI is InChI=1S/C16H23N/c1-12(16-10-14-7-8-15(16)9-14)17-11-13-5-3-2-4-6-13/h2-6,12,14-17H,7-11H2,1H3/t12-,14-,15-,16+/m1/s1. The highest BCUT2D eigenvalue weighted by molar-refractivity contribution is 5.14. The maximum Gasteiger partial charge on any atom is 0.0208 e. The molecule has 2 fully saturated rings. The van der Waals surface area contributed by atoms with E-state index in [4.69, 9.17) is 0 Å². The van der Waals surface area contributed by atoms with Crippen molar-refractivity contribution in [2.75, 3.05) is 0 Å². The molecule has 0 heterocycles. The molecule has 1 N–H and O–H groups in total. The summed E-state index contributed by atoms with van der Waals surface area (Å²) in [4.78, 5) is 0. The van der Waals surface area contributed by atoms with Gasteiger partial charge in [-0.3, -0.25) is 0 Å². The molecule has 2 bridgehead atoms. The van der Waals surface area contributed by atoms with Crippen LogP contribution in [0.2, 0.25) is 0 Å². The molecule has 92 valence electrons. The Hall–Kier alpha value is -0.820. The minimum Gasteiger partial charge on any atom is -0.310 e. The van der Waals surface area contributed by atoms with Gasteiger partial charge < -0.3 is 5.32 Å². The van der Waals surface area contributed by atoms with Crippen LogP contribution in [-0.4, -0.2) is 6.04 Å². The van der Waals surface area contributed by atoms with Gasteiger partial charge in [-0.1, -0.05) is 36.8 Å². The Balaban J connectivity index is 1.52. The zero-order chi connectivity index (χ0) is 11.7. The monoisotopic (exact) mass is 229 g/mol. The van der Waals surface area contributed by atoms with Gasteiger partial charge in [-0.25, -0.2) is 0 Å². The number of hydrogen-bond acceptors (Lipinski definition) is 1. The first-order valence-electron chi connectivity index (χ1n) is 7.10. The van der Waals surface area contributed by atoms with Crippen molar-refractivity contribution in [3.8, 4) is 0 Å². The van der Waals surface area contributed by atoms with Gasteiger partial charge >= 0.3 is 0 Å². The van der Waals surface area contributed by atoms with E-state index in [-0.39, 0.29) is 0 Å². The molecule has 17 heavy (non-hydrogen) atoms. The van der Waals surface area contributed by atoms with Crippen LogP contribution in [-0.2, 0) is 6.54 Å². The second-order valence-corrected chi connectivity index (χ2v) is 5.99. The molecule has 0 unspecified atom stereocenters. The van der Waals surface area contributed by atoms with E-state index in [1.165, 1.54) is 31.2 Å². The Bertz CT molecular complexity index is 359. The third-order valence-electron chi connectivity index (χ3n) is 4.91. The molecule has 3 rings (SSSR count). The molecule has 2 aliphatic carbocycles. The normalized spacial score (nSPS) is 32.9. The highest BCUT2D eigenvalue weighted by Crippen LogP contribution is 2.49. The molecule has 1 aromatic rings. The van der Waals surface area contributed by atoms with E-state index in [1.807, 2.05) is 0 Å². The van der Waals surface area contributed by atoms with Gasteiger partial charge in [0.1, 0.15) is 0 Å². The summed E-state index contributed by atoms with van der Waals surface area (Å²) in [7, 11) is 0. The van der Waals surface area contributed by atoms with Gasteiger partial charge in [0.25, 0.3) is 0 Å². The second-order valence-electron chi connectivity index (χ2n) is 5.99. The van der Waals surface area contributed by atoms with Crippen LogP contribution in [0.1, 0.15) is 38.2 Å². The van der Waals surface area contributed by atoms with Crippen molar-refractivity contribution in [1.29, 1.82) is 0 Å². The van der Waals surface area contributed by atoms with E-state index in [0.717, 1.165) is 24.3 Å². The zero-order valence-electron chi connectivity index (χ0n) is 10.7. The molecule has 4 atom stereocenters. The van der Waals surface area contributed by atoms with Crippen LogP contribution in [0.15, 0.2) is 30.3 Å². The van der Waals surface area contributed by atoms with Crippen LogP contribution in [0, 0.1) is 17.8 Å². The molecule has 1 aromatic carbocycles. The lowest BCUT2D eigenvalue weighted by molar-refractivity contribution is 0.259. The SMILES string of the molecule is C[C@@H](NCc1ccccc1)[C@@H]1C[C@@H]2CC[C@@H]1C2. The van der Waals surface area contributed by atoms with Crippen molar-refractivity contribution in [1.82, 2.24) is 5.32 Å². The smallest absolute Gasteiger partial charge is 0.0208 e. The molecule has 0 aliphatic heterocycles.